The fraction of sp³-hybridized carbons (Fsp3) is 0.200. The molecule has 0 aliphatic carbocycles. The minimum atomic E-state index is -1.18. The maximum absolute atomic E-state index is 11.4. The van der Waals surface area contributed by atoms with Gasteiger partial charge in [0.2, 0.25) is 0 Å². The highest BCUT2D eigenvalue weighted by Gasteiger charge is 2.24. The number of hydrogen-bond acceptors (Lipinski definition) is 5. The average molecular weight is 322 g/mol. The Bertz CT molecular complexity index is 719. The van der Waals surface area contributed by atoms with Gasteiger partial charge in [0.05, 0.1) is 6.61 Å². The topological polar surface area (TPSA) is 104 Å². The van der Waals surface area contributed by atoms with Crippen LogP contribution in [0.2, 0.25) is 0 Å². The molecular weight excluding hydrogens is 308 g/mol. The molecule has 0 spiro atoms. The molecule has 6 nitrogen and oxygen atoms in total. The maximum Gasteiger partial charge on any atom is 0.349 e. The zero-order valence-electron chi connectivity index (χ0n) is 11.7. The highest BCUT2D eigenvalue weighted by atomic mass is 32.1. The number of benzene rings is 1. The lowest BCUT2D eigenvalue weighted by molar-refractivity contribution is -0.139. The van der Waals surface area contributed by atoms with Gasteiger partial charge in [0.15, 0.2) is 11.5 Å². The summed E-state index contributed by atoms with van der Waals surface area (Å²) in [5.41, 5.74) is 1.92. The Morgan fingerprint density at radius 3 is 2.50 bits per heavy atom. The van der Waals surface area contributed by atoms with Crippen LogP contribution in [-0.4, -0.2) is 33.9 Å². The Morgan fingerprint density at radius 1 is 1.23 bits per heavy atom. The third kappa shape index (κ3) is 3.10. The van der Waals surface area contributed by atoms with Crippen LogP contribution in [0.5, 0.6) is 5.75 Å². The largest absolute Gasteiger partial charge is 0.480 e. The number of rotatable bonds is 6. The molecule has 0 fully saturated rings. The third-order valence-electron chi connectivity index (χ3n) is 3.06. The molecule has 116 valence electrons. The van der Waals surface area contributed by atoms with Crippen molar-refractivity contribution in [3.8, 4) is 16.2 Å². The lowest BCUT2D eigenvalue weighted by Gasteiger charge is -2.07. The molecule has 0 bridgehead atoms. The molecule has 0 amide bonds. The standard InChI is InChI=1S/C15H14O6S/c1-8-12(21-7-11(17)18)14(15(19)20)22-13(8)10-5-3-2-4-9(10)6-16/h2-5,16H,6-7H2,1H3,(H,17,18)(H,19,20). The first-order valence-electron chi connectivity index (χ1n) is 6.36. The average Bonchev–Trinajstić information content (AvgIpc) is 2.82. The van der Waals surface area contributed by atoms with Crippen molar-refractivity contribution in [1.82, 2.24) is 0 Å². The van der Waals surface area contributed by atoms with Crippen molar-refractivity contribution in [1.29, 1.82) is 0 Å². The van der Waals surface area contributed by atoms with E-state index in [1.165, 1.54) is 0 Å². The van der Waals surface area contributed by atoms with Crippen LogP contribution in [0.15, 0.2) is 24.3 Å². The van der Waals surface area contributed by atoms with Gasteiger partial charge < -0.3 is 20.1 Å². The van der Waals surface area contributed by atoms with E-state index in [1.807, 2.05) is 0 Å². The Labute approximate surface area is 130 Å². The number of aliphatic hydroxyl groups excluding tert-OH is 1. The number of hydrogen-bond donors (Lipinski definition) is 3. The molecule has 2 rings (SSSR count). The lowest BCUT2D eigenvalue weighted by Crippen LogP contribution is -2.11. The van der Waals surface area contributed by atoms with Crippen molar-refractivity contribution in [3.63, 3.8) is 0 Å². The van der Waals surface area contributed by atoms with E-state index < -0.39 is 18.5 Å². The van der Waals surface area contributed by atoms with E-state index in [9.17, 15) is 19.8 Å². The molecule has 0 unspecified atom stereocenters. The Hall–Kier alpha value is -2.38. The third-order valence-corrected chi connectivity index (χ3v) is 4.35. The summed E-state index contributed by atoms with van der Waals surface area (Å²) in [6, 6.07) is 7.08. The van der Waals surface area contributed by atoms with Crippen LogP contribution in [0.25, 0.3) is 10.4 Å². The van der Waals surface area contributed by atoms with E-state index in [-0.39, 0.29) is 17.2 Å². The predicted molar refractivity (Wildman–Crippen MR) is 80.5 cm³/mol. The zero-order valence-corrected chi connectivity index (χ0v) is 12.5. The number of carbonyl (C=O) groups is 2. The van der Waals surface area contributed by atoms with Crippen LogP contribution in [-0.2, 0) is 11.4 Å². The van der Waals surface area contributed by atoms with E-state index in [0.717, 1.165) is 11.3 Å². The molecule has 0 saturated heterocycles. The SMILES string of the molecule is Cc1c(-c2ccccc2CO)sc(C(=O)O)c1OCC(=O)O. The fourth-order valence-electron chi connectivity index (χ4n) is 2.08. The van der Waals surface area contributed by atoms with E-state index >= 15 is 0 Å². The highest BCUT2D eigenvalue weighted by Crippen LogP contribution is 2.42. The van der Waals surface area contributed by atoms with Crippen molar-refractivity contribution in [2.24, 2.45) is 0 Å². The molecule has 0 aliphatic heterocycles. The van der Waals surface area contributed by atoms with Crippen molar-refractivity contribution >= 4 is 23.3 Å². The van der Waals surface area contributed by atoms with Crippen LogP contribution < -0.4 is 4.74 Å². The lowest BCUT2D eigenvalue weighted by atomic mass is 10.0. The smallest absolute Gasteiger partial charge is 0.349 e. The van der Waals surface area contributed by atoms with Crippen molar-refractivity contribution in [2.75, 3.05) is 6.61 Å². The van der Waals surface area contributed by atoms with Gasteiger partial charge in [-0.15, -0.1) is 11.3 Å². The first-order chi connectivity index (χ1) is 10.5. The molecular formula is C15H14O6S. The molecule has 3 N–H and O–H groups in total. The summed E-state index contributed by atoms with van der Waals surface area (Å²) in [4.78, 5) is 22.6. The minimum absolute atomic E-state index is 0.0542. The van der Waals surface area contributed by atoms with Crippen molar-refractivity contribution < 1.29 is 29.6 Å². The number of carboxylic acids is 2. The monoisotopic (exact) mass is 322 g/mol. The van der Waals surface area contributed by atoms with Gasteiger partial charge in [-0.25, -0.2) is 9.59 Å². The molecule has 1 aromatic carbocycles. The summed E-state index contributed by atoms with van der Waals surface area (Å²) in [6.07, 6.45) is 0. The minimum Gasteiger partial charge on any atom is -0.480 e. The van der Waals surface area contributed by atoms with Crippen LogP contribution in [0.1, 0.15) is 20.8 Å². The van der Waals surface area contributed by atoms with Crippen LogP contribution >= 0.6 is 11.3 Å². The van der Waals surface area contributed by atoms with Gasteiger partial charge in [-0.1, -0.05) is 24.3 Å². The molecule has 1 aromatic heterocycles. The molecule has 0 saturated carbocycles. The summed E-state index contributed by atoms with van der Waals surface area (Å²) in [6.45, 7) is 0.879. The van der Waals surface area contributed by atoms with Crippen LogP contribution in [0, 0.1) is 6.92 Å². The van der Waals surface area contributed by atoms with E-state index in [1.54, 1.807) is 31.2 Å². The van der Waals surface area contributed by atoms with Gasteiger partial charge in [0.1, 0.15) is 5.75 Å². The Morgan fingerprint density at radius 2 is 1.91 bits per heavy atom. The normalized spacial score (nSPS) is 10.5. The summed E-state index contributed by atoms with van der Waals surface area (Å²) < 4.78 is 5.13. The van der Waals surface area contributed by atoms with E-state index in [2.05, 4.69) is 0 Å². The predicted octanol–water partition coefficient (Wildman–Crippen LogP) is 2.38. The van der Waals surface area contributed by atoms with Crippen LogP contribution in [0.4, 0.5) is 0 Å². The number of aliphatic hydroxyl groups is 1. The van der Waals surface area contributed by atoms with Gasteiger partial charge in [-0.05, 0) is 18.1 Å². The van der Waals surface area contributed by atoms with Gasteiger partial charge in [-0.2, -0.15) is 0 Å². The first kappa shape index (κ1) is 16.0. The Kier molecular flexibility index (Phi) is 4.79. The van der Waals surface area contributed by atoms with Gasteiger partial charge >= 0.3 is 11.9 Å². The molecule has 0 atom stereocenters. The molecule has 2 aromatic rings. The van der Waals surface area contributed by atoms with Crippen molar-refractivity contribution in [3.05, 3.63) is 40.3 Å². The summed E-state index contributed by atoms with van der Waals surface area (Å²) in [5, 5.41) is 27.4. The number of aliphatic carboxylic acids is 1. The van der Waals surface area contributed by atoms with Gasteiger partial charge in [-0.3, -0.25) is 0 Å². The van der Waals surface area contributed by atoms with Gasteiger partial charge in [0, 0.05) is 10.4 Å². The zero-order chi connectivity index (χ0) is 16.3. The maximum atomic E-state index is 11.4. The molecule has 7 heteroatoms. The number of carboxylic acid groups (broad SMARTS) is 2. The molecule has 0 radical (unpaired) electrons. The molecule has 22 heavy (non-hydrogen) atoms. The summed E-state index contributed by atoms with van der Waals surface area (Å²) in [7, 11) is 0. The summed E-state index contributed by atoms with van der Waals surface area (Å²) in [5.74, 6) is -2.30. The van der Waals surface area contributed by atoms with E-state index in [4.69, 9.17) is 9.84 Å². The van der Waals surface area contributed by atoms with Gasteiger partial charge in [0.25, 0.3) is 0 Å². The number of aromatic carboxylic acids is 1. The second kappa shape index (κ2) is 6.59. The quantitative estimate of drug-likeness (QED) is 0.754. The van der Waals surface area contributed by atoms with Crippen LogP contribution in [0.3, 0.4) is 0 Å². The Balaban J connectivity index is 2.56. The highest BCUT2D eigenvalue weighted by molar-refractivity contribution is 7.18. The number of thiophene rings is 1. The number of ether oxygens (including phenoxy) is 1. The second-order valence-corrected chi connectivity index (χ2v) is 5.54. The molecule has 1 heterocycles. The summed E-state index contributed by atoms with van der Waals surface area (Å²) >= 11 is 1.000. The van der Waals surface area contributed by atoms with E-state index in [0.29, 0.717) is 21.6 Å². The van der Waals surface area contributed by atoms with Crippen molar-refractivity contribution in [2.45, 2.75) is 13.5 Å². The fourth-order valence-corrected chi connectivity index (χ4v) is 3.23. The first-order valence-corrected chi connectivity index (χ1v) is 7.17. The molecule has 0 aliphatic rings. The second-order valence-electron chi connectivity index (χ2n) is 4.52.